The van der Waals surface area contributed by atoms with Gasteiger partial charge in [0.25, 0.3) is 0 Å². The maximum Gasteiger partial charge on any atom is 0.229 e. The zero-order chi connectivity index (χ0) is 14.6. The lowest BCUT2D eigenvalue weighted by molar-refractivity contribution is -0.137. The van der Waals surface area contributed by atoms with Crippen molar-refractivity contribution in [1.29, 1.82) is 0 Å². The predicted octanol–water partition coefficient (Wildman–Crippen LogP) is 4.77. The van der Waals surface area contributed by atoms with Crippen LogP contribution in [0.3, 0.4) is 0 Å². The third-order valence-corrected chi connectivity index (χ3v) is 4.87. The zero-order valence-corrected chi connectivity index (χ0v) is 14.1. The molecule has 1 aliphatic heterocycles. The van der Waals surface area contributed by atoms with Crippen LogP contribution < -0.4 is 0 Å². The molecule has 1 fully saturated rings. The van der Waals surface area contributed by atoms with E-state index < -0.39 is 0 Å². The molecule has 0 bridgehead atoms. The van der Waals surface area contributed by atoms with Crippen molar-refractivity contribution < 1.29 is 4.79 Å². The van der Waals surface area contributed by atoms with Crippen molar-refractivity contribution >= 4 is 21.8 Å². The quantitative estimate of drug-likeness (QED) is 0.732. The van der Waals surface area contributed by atoms with Crippen LogP contribution in [-0.4, -0.2) is 17.4 Å². The summed E-state index contributed by atoms with van der Waals surface area (Å²) >= 11 is 3.45. The van der Waals surface area contributed by atoms with E-state index in [2.05, 4.69) is 46.8 Å². The molecule has 1 saturated heterocycles. The molecule has 0 atom stereocenters. The Morgan fingerprint density at radius 3 is 2.30 bits per heavy atom. The fourth-order valence-corrected chi connectivity index (χ4v) is 3.66. The van der Waals surface area contributed by atoms with Crippen molar-refractivity contribution in [3.05, 3.63) is 34.3 Å². The van der Waals surface area contributed by atoms with E-state index in [0.717, 1.165) is 49.7 Å². The fourth-order valence-electron chi connectivity index (χ4n) is 3.40. The van der Waals surface area contributed by atoms with E-state index in [9.17, 15) is 4.79 Å². The number of carbonyl (C=O) groups excluding carboxylic acids is 1. The number of rotatable bonds is 6. The van der Waals surface area contributed by atoms with Gasteiger partial charge in [-0.25, -0.2) is 0 Å². The molecule has 110 valence electrons. The molecule has 0 saturated carbocycles. The molecular weight excluding hydrogens is 314 g/mol. The second-order valence-electron chi connectivity index (χ2n) is 5.88. The molecule has 1 amide bonds. The minimum absolute atomic E-state index is 0.0706. The van der Waals surface area contributed by atoms with E-state index in [4.69, 9.17) is 0 Å². The lowest BCUT2D eigenvalue weighted by Gasteiger charge is -2.27. The van der Waals surface area contributed by atoms with Gasteiger partial charge in [0.2, 0.25) is 5.91 Å². The molecular formula is C17H24BrNO. The van der Waals surface area contributed by atoms with Crippen LogP contribution >= 0.6 is 15.9 Å². The van der Waals surface area contributed by atoms with Crippen LogP contribution in [0.2, 0.25) is 0 Å². The van der Waals surface area contributed by atoms with Crippen molar-refractivity contribution in [2.75, 3.05) is 6.54 Å². The monoisotopic (exact) mass is 337 g/mol. The summed E-state index contributed by atoms with van der Waals surface area (Å²) in [5.74, 6) is 0.379. The molecule has 2 rings (SSSR count). The van der Waals surface area contributed by atoms with Gasteiger partial charge < -0.3 is 4.90 Å². The van der Waals surface area contributed by atoms with E-state index in [0.29, 0.717) is 5.91 Å². The van der Waals surface area contributed by atoms with Crippen LogP contribution in [0.1, 0.15) is 51.5 Å². The minimum Gasteiger partial charge on any atom is -0.338 e. The fraction of sp³-hybridized carbons (Fsp3) is 0.588. The maximum absolute atomic E-state index is 12.8. The van der Waals surface area contributed by atoms with Crippen molar-refractivity contribution in [2.24, 2.45) is 5.41 Å². The van der Waals surface area contributed by atoms with E-state index in [-0.39, 0.29) is 5.41 Å². The van der Waals surface area contributed by atoms with Gasteiger partial charge in [0.1, 0.15) is 0 Å². The molecule has 3 heteroatoms. The van der Waals surface area contributed by atoms with Gasteiger partial charge in [-0.3, -0.25) is 4.79 Å². The summed E-state index contributed by atoms with van der Waals surface area (Å²) < 4.78 is 1.08. The van der Waals surface area contributed by atoms with E-state index in [1.807, 2.05) is 12.1 Å². The number of carbonyl (C=O) groups is 1. The van der Waals surface area contributed by atoms with Crippen LogP contribution in [0.25, 0.3) is 0 Å². The van der Waals surface area contributed by atoms with Gasteiger partial charge in [0.05, 0.1) is 5.41 Å². The normalized spacial score (nSPS) is 17.8. The summed E-state index contributed by atoms with van der Waals surface area (Å²) in [5, 5.41) is 0. The highest BCUT2D eigenvalue weighted by Gasteiger charge is 2.44. The second kappa shape index (κ2) is 6.75. The van der Waals surface area contributed by atoms with Gasteiger partial charge in [0, 0.05) is 17.6 Å². The first-order valence-corrected chi connectivity index (χ1v) is 8.44. The maximum atomic E-state index is 12.8. The Bertz CT molecular complexity index is 449. The average molecular weight is 338 g/mol. The first-order valence-electron chi connectivity index (χ1n) is 7.65. The third kappa shape index (κ3) is 3.25. The summed E-state index contributed by atoms with van der Waals surface area (Å²) in [5.41, 5.74) is 1.14. The smallest absolute Gasteiger partial charge is 0.229 e. The van der Waals surface area contributed by atoms with Gasteiger partial charge in [-0.05, 0) is 37.0 Å². The summed E-state index contributed by atoms with van der Waals surface area (Å²) in [7, 11) is 0. The molecule has 0 aliphatic carbocycles. The van der Waals surface area contributed by atoms with Crippen LogP contribution in [0.5, 0.6) is 0 Å². The lowest BCUT2D eigenvalue weighted by Crippen LogP contribution is -2.34. The summed E-state index contributed by atoms with van der Waals surface area (Å²) in [6.45, 7) is 6.03. The first-order chi connectivity index (χ1) is 9.61. The Morgan fingerprint density at radius 2 is 1.75 bits per heavy atom. The number of benzene rings is 1. The molecule has 0 aromatic heterocycles. The Balaban J connectivity index is 2.07. The highest BCUT2D eigenvalue weighted by atomic mass is 79.9. The average Bonchev–Trinajstić information content (AvgIpc) is 2.72. The van der Waals surface area contributed by atoms with Crippen molar-refractivity contribution in [2.45, 2.75) is 52.5 Å². The zero-order valence-electron chi connectivity index (χ0n) is 12.5. The van der Waals surface area contributed by atoms with Gasteiger partial charge >= 0.3 is 0 Å². The molecule has 0 unspecified atom stereocenters. The molecule has 0 radical (unpaired) electrons. The van der Waals surface area contributed by atoms with Gasteiger partial charge in [0.15, 0.2) is 0 Å². The van der Waals surface area contributed by atoms with Crippen molar-refractivity contribution in [3.8, 4) is 0 Å². The summed E-state index contributed by atoms with van der Waals surface area (Å²) in [4.78, 5) is 14.8. The Kier molecular flexibility index (Phi) is 5.25. The molecule has 1 heterocycles. The van der Waals surface area contributed by atoms with Crippen LogP contribution in [0.15, 0.2) is 28.7 Å². The van der Waals surface area contributed by atoms with E-state index in [1.165, 1.54) is 5.56 Å². The third-order valence-electron chi connectivity index (χ3n) is 4.34. The second-order valence-corrected chi connectivity index (χ2v) is 6.80. The molecule has 1 aromatic rings. The minimum atomic E-state index is -0.0706. The molecule has 0 spiro atoms. The van der Waals surface area contributed by atoms with Crippen molar-refractivity contribution in [1.82, 2.24) is 4.90 Å². The number of hydrogen-bond donors (Lipinski definition) is 0. The summed E-state index contributed by atoms with van der Waals surface area (Å²) in [6.07, 6.45) is 5.30. The largest absolute Gasteiger partial charge is 0.338 e. The Morgan fingerprint density at radius 1 is 1.15 bits per heavy atom. The lowest BCUT2D eigenvalue weighted by atomic mass is 9.78. The van der Waals surface area contributed by atoms with Crippen molar-refractivity contribution in [3.63, 3.8) is 0 Å². The van der Waals surface area contributed by atoms with Gasteiger partial charge in [-0.1, -0.05) is 54.8 Å². The number of nitrogens with zero attached hydrogens (tertiary/aromatic N) is 1. The van der Waals surface area contributed by atoms with E-state index in [1.54, 1.807) is 0 Å². The standard InChI is InChI=1S/C17H24BrNO/c1-3-9-17(10-4-2)11-12-19(16(17)20)13-14-5-7-15(18)8-6-14/h5-8H,3-4,9-13H2,1-2H3. The topological polar surface area (TPSA) is 20.3 Å². The van der Waals surface area contributed by atoms with Crippen LogP contribution in [-0.2, 0) is 11.3 Å². The summed E-state index contributed by atoms with van der Waals surface area (Å²) in [6, 6.07) is 8.27. The number of likely N-dealkylation sites (tertiary alicyclic amines) is 1. The van der Waals surface area contributed by atoms with Crippen LogP contribution in [0.4, 0.5) is 0 Å². The van der Waals surface area contributed by atoms with Gasteiger partial charge in [-0.2, -0.15) is 0 Å². The molecule has 1 aromatic carbocycles. The Hall–Kier alpha value is -0.830. The van der Waals surface area contributed by atoms with Gasteiger partial charge in [-0.15, -0.1) is 0 Å². The number of amides is 1. The molecule has 20 heavy (non-hydrogen) atoms. The Labute approximate surface area is 130 Å². The predicted molar refractivity (Wildman–Crippen MR) is 86.4 cm³/mol. The highest BCUT2D eigenvalue weighted by molar-refractivity contribution is 9.10. The first kappa shape index (κ1) is 15.6. The van der Waals surface area contributed by atoms with E-state index >= 15 is 0 Å². The highest BCUT2D eigenvalue weighted by Crippen LogP contribution is 2.41. The SMILES string of the molecule is CCCC1(CCC)CCN(Cc2ccc(Br)cc2)C1=O. The number of hydrogen-bond acceptors (Lipinski definition) is 1. The molecule has 0 N–H and O–H groups in total. The number of halogens is 1. The van der Waals surface area contributed by atoms with Crippen LogP contribution in [0, 0.1) is 5.41 Å². The molecule has 1 aliphatic rings. The molecule has 2 nitrogen and oxygen atoms in total.